The normalized spacial score (nSPS) is 15.8. The summed E-state index contributed by atoms with van der Waals surface area (Å²) in [5.74, 6) is 0.722. The number of benzene rings is 2. The van der Waals surface area contributed by atoms with Crippen LogP contribution in [0.1, 0.15) is 125 Å². The van der Waals surface area contributed by atoms with E-state index in [0.29, 0.717) is 60.2 Å². The van der Waals surface area contributed by atoms with Crippen LogP contribution in [0.3, 0.4) is 0 Å². The van der Waals surface area contributed by atoms with Gasteiger partial charge in [-0.05, 0) is 147 Å². The Morgan fingerprint density at radius 3 is 1.37 bits per heavy atom. The summed E-state index contributed by atoms with van der Waals surface area (Å²) >= 11 is 3.00. The minimum Gasteiger partial charge on any atom is -0.311 e. The van der Waals surface area contributed by atoms with Crippen molar-refractivity contribution in [2.24, 2.45) is 0 Å². The van der Waals surface area contributed by atoms with Gasteiger partial charge in [-0.25, -0.2) is 17.6 Å². The lowest BCUT2D eigenvalue weighted by Crippen LogP contribution is -2.22. The number of thioether (sulfide) groups is 2. The molecule has 2 saturated carbocycles. The van der Waals surface area contributed by atoms with Gasteiger partial charge in [-0.1, -0.05) is 62.8 Å². The van der Waals surface area contributed by atoms with Crippen molar-refractivity contribution in [3.63, 3.8) is 0 Å². The lowest BCUT2D eigenvalue weighted by Gasteiger charge is -2.30. The van der Waals surface area contributed by atoms with Crippen LogP contribution in [0.15, 0.2) is 82.8 Å². The highest BCUT2D eigenvalue weighted by molar-refractivity contribution is 7.99. The average molecular weight is 915 g/mol. The fraction of sp³-hybridized carbons (Fsp3) is 0.542. The molecule has 338 valence electrons. The number of halogens is 4. The molecule has 0 spiro atoms. The van der Waals surface area contributed by atoms with Crippen molar-refractivity contribution in [1.29, 1.82) is 0 Å². The first-order chi connectivity index (χ1) is 30.2. The van der Waals surface area contributed by atoms with E-state index in [-0.39, 0.29) is 47.3 Å². The van der Waals surface area contributed by atoms with Crippen molar-refractivity contribution in [3.05, 3.63) is 119 Å². The van der Waals surface area contributed by atoms with Gasteiger partial charge in [-0.2, -0.15) is 0 Å². The first-order valence-corrected chi connectivity index (χ1v) is 25.7. The Morgan fingerprint density at radius 1 is 0.581 bits per heavy atom. The number of unbranched alkanes of at least 4 members (excludes halogenated alkanes) is 2. The SMILES string of the molecule is O=[PH](OCCCNCc1cc(F)c(SCCCCC2(c3ccc(F)cc3)CCCC2)cn1)OCCCNCc1cc(F)c(SCCCCC2(c3ccc(F)cc3)CCCC2)cn1. The Kier molecular flexibility index (Phi) is 20.1. The molecule has 6 rings (SSSR count). The predicted octanol–water partition coefficient (Wildman–Crippen LogP) is 12.7. The molecule has 7 nitrogen and oxygen atoms in total. The minimum absolute atomic E-state index is 0.145. The second-order valence-corrected chi connectivity index (χ2v) is 20.2. The van der Waals surface area contributed by atoms with Crippen LogP contribution in [-0.2, 0) is 37.5 Å². The summed E-state index contributed by atoms with van der Waals surface area (Å²) in [5, 5.41) is 6.46. The number of rotatable bonds is 28. The molecule has 0 unspecified atom stereocenters. The summed E-state index contributed by atoms with van der Waals surface area (Å²) < 4.78 is 79.5. The van der Waals surface area contributed by atoms with Crippen molar-refractivity contribution < 1.29 is 31.2 Å². The van der Waals surface area contributed by atoms with Crippen LogP contribution in [0.5, 0.6) is 0 Å². The fourth-order valence-electron chi connectivity index (χ4n) is 9.07. The van der Waals surface area contributed by atoms with Gasteiger partial charge in [0.1, 0.15) is 23.3 Å². The van der Waals surface area contributed by atoms with Gasteiger partial charge in [-0.15, -0.1) is 23.5 Å². The van der Waals surface area contributed by atoms with Crippen LogP contribution in [-0.4, -0.2) is 47.8 Å². The second-order valence-electron chi connectivity index (χ2n) is 16.8. The maximum absolute atomic E-state index is 14.8. The number of nitrogens with one attached hydrogen (secondary N) is 2. The highest BCUT2D eigenvalue weighted by atomic mass is 32.2. The largest absolute Gasteiger partial charge is 0.319 e. The zero-order valence-corrected chi connectivity index (χ0v) is 38.5. The molecule has 0 bridgehead atoms. The molecule has 4 aromatic rings. The molecule has 2 heterocycles. The molecule has 0 saturated heterocycles. The maximum atomic E-state index is 14.8. The smallest absolute Gasteiger partial charge is 0.311 e. The molecule has 0 amide bonds. The maximum Gasteiger partial charge on any atom is 0.319 e. The number of hydrogen-bond donors (Lipinski definition) is 2. The van der Waals surface area contributed by atoms with Crippen molar-refractivity contribution in [2.45, 2.75) is 136 Å². The Hall–Kier alpha value is -2.77. The predicted molar refractivity (Wildman–Crippen MR) is 244 cm³/mol. The van der Waals surface area contributed by atoms with Crippen molar-refractivity contribution in [3.8, 4) is 0 Å². The lowest BCUT2D eigenvalue weighted by atomic mass is 9.75. The fourth-order valence-corrected chi connectivity index (χ4v) is 11.6. The van der Waals surface area contributed by atoms with Crippen LogP contribution < -0.4 is 10.6 Å². The third-order valence-corrected chi connectivity index (χ3v) is 15.5. The Balaban J connectivity index is 0.747. The zero-order chi connectivity index (χ0) is 43.5. The second kappa shape index (κ2) is 25.6. The van der Waals surface area contributed by atoms with Crippen LogP contribution in [0.25, 0.3) is 0 Å². The van der Waals surface area contributed by atoms with E-state index < -0.39 is 8.25 Å². The van der Waals surface area contributed by atoms with Crippen molar-refractivity contribution in [1.82, 2.24) is 20.6 Å². The number of aromatic nitrogens is 2. The van der Waals surface area contributed by atoms with Crippen LogP contribution >= 0.6 is 31.8 Å². The Bertz CT molecular complexity index is 1830. The van der Waals surface area contributed by atoms with Gasteiger partial charge < -0.3 is 19.7 Å². The molecule has 0 radical (unpaired) electrons. The van der Waals surface area contributed by atoms with Gasteiger partial charge in [0, 0.05) is 25.5 Å². The molecule has 0 aliphatic heterocycles. The third-order valence-electron chi connectivity index (χ3n) is 12.4. The van der Waals surface area contributed by atoms with Gasteiger partial charge in [0.2, 0.25) is 0 Å². The number of hydrogen-bond acceptors (Lipinski definition) is 9. The van der Waals surface area contributed by atoms with Crippen LogP contribution in [0.2, 0.25) is 0 Å². The topological polar surface area (TPSA) is 85.4 Å². The summed E-state index contributed by atoms with van der Waals surface area (Å²) in [6.45, 7) is 2.56. The lowest BCUT2D eigenvalue weighted by molar-refractivity contribution is 0.220. The first-order valence-electron chi connectivity index (χ1n) is 22.5. The van der Waals surface area contributed by atoms with Gasteiger partial charge >= 0.3 is 8.25 Å². The van der Waals surface area contributed by atoms with E-state index in [1.54, 1.807) is 36.7 Å². The van der Waals surface area contributed by atoms with Crippen molar-refractivity contribution in [2.75, 3.05) is 37.8 Å². The molecule has 2 fully saturated rings. The molecule has 62 heavy (non-hydrogen) atoms. The summed E-state index contributed by atoms with van der Waals surface area (Å²) in [7, 11) is -2.61. The summed E-state index contributed by atoms with van der Waals surface area (Å²) in [6.07, 6.45) is 20.1. The van der Waals surface area contributed by atoms with E-state index in [4.69, 9.17) is 9.05 Å². The molecule has 14 heteroatoms. The molecular weight excluding hydrogens is 852 g/mol. The Labute approximate surface area is 375 Å². The van der Waals surface area contributed by atoms with E-state index in [9.17, 15) is 22.1 Å². The summed E-state index contributed by atoms with van der Waals surface area (Å²) in [5.41, 5.74) is 4.02. The van der Waals surface area contributed by atoms with E-state index in [1.807, 2.05) is 24.3 Å². The average Bonchev–Trinajstić information content (AvgIpc) is 3.96. The van der Waals surface area contributed by atoms with E-state index in [1.165, 1.54) is 72.5 Å². The van der Waals surface area contributed by atoms with E-state index in [0.717, 1.165) is 75.7 Å². The summed E-state index contributed by atoms with van der Waals surface area (Å²) in [4.78, 5) is 9.98. The van der Waals surface area contributed by atoms with Gasteiger partial charge in [0.15, 0.2) is 0 Å². The zero-order valence-electron chi connectivity index (χ0n) is 35.8. The van der Waals surface area contributed by atoms with Gasteiger partial charge in [-0.3, -0.25) is 14.5 Å². The highest BCUT2D eigenvalue weighted by Crippen LogP contribution is 2.46. The monoisotopic (exact) mass is 914 g/mol. The number of pyridine rings is 2. The van der Waals surface area contributed by atoms with Crippen LogP contribution in [0.4, 0.5) is 17.6 Å². The molecular formula is C48H63F4N4O3PS2. The van der Waals surface area contributed by atoms with Crippen molar-refractivity contribution >= 4 is 31.8 Å². The molecule has 2 aliphatic carbocycles. The van der Waals surface area contributed by atoms with Gasteiger partial charge in [0.25, 0.3) is 0 Å². The van der Waals surface area contributed by atoms with E-state index in [2.05, 4.69) is 20.6 Å². The quantitative estimate of drug-likeness (QED) is 0.0250. The summed E-state index contributed by atoms with van der Waals surface area (Å²) in [6, 6.07) is 17.0. The van der Waals surface area contributed by atoms with Gasteiger partial charge in [0.05, 0.1) is 34.4 Å². The molecule has 2 aromatic heterocycles. The first kappa shape index (κ1) is 48.7. The molecule has 2 aromatic carbocycles. The standard InChI is InChI=1S/C48H63F4N4O3PS2/c49-39-15-11-37(12-16-39)47(19-1-2-20-47)23-5-7-29-61-45-35-55-41(31-43(45)51)33-53-25-9-27-58-60(57)59-28-10-26-54-34-42-32-44(52)46(36-56-42)62-30-8-6-24-48(21-3-4-22-48)38-13-17-40(50)18-14-38/h11-18,31-32,35-36,53-54,60H,1-10,19-30,33-34H2. The molecule has 2 aliphatic rings. The number of nitrogens with zero attached hydrogens (tertiary/aromatic N) is 2. The minimum atomic E-state index is -2.61. The van der Waals surface area contributed by atoms with Crippen LogP contribution in [0, 0.1) is 23.3 Å². The Morgan fingerprint density at radius 2 is 0.984 bits per heavy atom. The molecule has 2 N–H and O–H groups in total. The molecule has 0 atom stereocenters. The highest BCUT2D eigenvalue weighted by Gasteiger charge is 2.36. The van der Waals surface area contributed by atoms with E-state index >= 15 is 0 Å². The third kappa shape index (κ3) is 15.2.